The van der Waals surface area contributed by atoms with E-state index in [9.17, 15) is 19.1 Å². The second kappa shape index (κ2) is 8.76. The molecule has 0 aliphatic carbocycles. The summed E-state index contributed by atoms with van der Waals surface area (Å²) in [6, 6.07) is 4.35. The van der Waals surface area contributed by atoms with Crippen LogP contribution in [0.2, 0.25) is 0 Å². The van der Waals surface area contributed by atoms with Crippen molar-refractivity contribution in [2.45, 2.75) is 39.5 Å². The number of hydrogen-bond donors (Lipinski definition) is 1. The van der Waals surface area contributed by atoms with Gasteiger partial charge in [-0.15, -0.1) is 0 Å². The first-order chi connectivity index (χ1) is 16.8. The summed E-state index contributed by atoms with van der Waals surface area (Å²) < 4.78 is 34.5. The molecule has 0 atom stereocenters. The number of carbonyl (C=O) groups is 2. The molecule has 0 bridgehead atoms. The first-order valence-corrected chi connectivity index (χ1v) is 11.5. The molecule has 5 rings (SSSR count). The molecule has 0 fully saturated rings. The van der Waals surface area contributed by atoms with Gasteiger partial charge in [0.2, 0.25) is 0 Å². The average Bonchev–Trinajstić information content (AvgIpc) is 3.24. The van der Waals surface area contributed by atoms with Crippen molar-refractivity contribution in [3.05, 3.63) is 75.6 Å². The zero-order valence-corrected chi connectivity index (χ0v) is 19.5. The maximum atomic E-state index is 15.2. The van der Waals surface area contributed by atoms with E-state index in [4.69, 9.17) is 4.74 Å². The van der Waals surface area contributed by atoms with Gasteiger partial charge in [-0.2, -0.15) is 0 Å². The van der Waals surface area contributed by atoms with E-state index >= 15 is 4.39 Å². The van der Waals surface area contributed by atoms with Crippen LogP contribution < -0.4 is 9.64 Å². The van der Waals surface area contributed by atoms with E-state index in [2.05, 4.69) is 4.98 Å². The van der Waals surface area contributed by atoms with Crippen molar-refractivity contribution in [1.82, 2.24) is 4.98 Å². The fourth-order valence-electron chi connectivity index (χ4n) is 5.24. The molecule has 2 aromatic carbocycles. The summed E-state index contributed by atoms with van der Waals surface area (Å²) in [7, 11) is 0. The third-order valence-electron chi connectivity index (χ3n) is 6.85. The molecule has 1 amide bonds. The maximum Gasteiger partial charge on any atom is 0.307 e. The van der Waals surface area contributed by atoms with E-state index in [1.165, 1.54) is 12.3 Å². The van der Waals surface area contributed by atoms with Crippen LogP contribution >= 0.6 is 0 Å². The fourth-order valence-corrected chi connectivity index (χ4v) is 5.24. The third kappa shape index (κ3) is 3.92. The topological polar surface area (TPSA) is 79.7 Å². The molecule has 1 N–H and O–H groups in total. The minimum absolute atomic E-state index is 0.125. The molecule has 1 aromatic heterocycles. The summed E-state index contributed by atoms with van der Waals surface area (Å²) in [5.41, 5.74) is 5.71. The molecule has 8 heteroatoms. The Labute approximate surface area is 201 Å². The summed E-state index contributed by atoms with van der Waals surface area (Å²) in [4.78, 5) is 30.4. The SMILES string of the molecule is Cc1cc2c(c(-c3cc(F)c4c(c3C)CCCO4)c1CC(=O)O)CCN2C(=O)c1cncc(F)c1. The monoisotopic (exact) mass is 478 g/mol. The van der Waals surface area contributed by atoms with Crippen LogP contribution in [0.5, 0.6) is 5.75 Å². The minimum atomic E-state index is -0.995. The van der Waals surface area contributed by atoms with Crippen LogP contribution in [0.4, 0.5) is 14.5 Å². The number of aliphatic carboxylic acids is 1. The summed E-state index contributed by atoms with van der Waals surface area (Å²) >= 11 is 0. The van der Waals surface area contributed by atoms with Gasteiger partial charge in [0.25, 0.3) is 5.91 Å². The zero-order chi connectivity index (χ0) is 24.9. The van der Waals surface area contributed by atoms with Crippen molar-refractivity contribution in [3.8, 4) is 16.9 Å². The molecular weight excluding hydrogens is 454 g/mol. The summed E-state index contributed by atoms with van der Waals surface area (Å²) in [6.45, 7) is 4.49. The van der Waals surface area contributed by atoms with Gasteiger partial charge in [0, 0.05) is 24.0 Å². The van der Waals surface area contributed by atoms with Crippen LogP contribution in [0.3, 0.4) is 0 Å². The highest BCUT2D eigenvalue weighted by Gasteiger charge is 2.32. The number of anilines is 1. The van der Waals surface area contributed by atoms with Gasteiger partial charge >= 0.3 is 5.97 Å². The van der Waals surface area contributed by atoms with Gasteiger partial charge in [-0.3, -0.25) is 14.6 Å². The standard InChI is InChI=1S/C27H24F2N2O4/c1-14-8-23-19(5-6-31(23)27(34)16-9-17(28)13-30-12-16)25(20(14)11-24(32)33)21-10-22(29)26-18(15(21)2)4-3-7-35-26/h8-10,12-13H,3-7,11H2,1-2H3,(H,32,33). The lowest BCUT2D eigenvalue weighted by molar-refractivity contribution is -0.136. The van der Waals surface area contributed by atoms with Gasteiger partial charge in [0.15, 0.2) is 11.6 Å². The number of pyridine rings is 1. The third-order valence-corrected chi connectivity index (χ3v) is 6.85. The Morgan fingerprint density at radius 2 is 1.91 bits per heavy atom. The Morgan fingerprint density at radius 1 is 1.11 bits per heavy atom. The van der Waals surface area contributed by atoms with Crippen molar-refractivity contribution in [1.29, 1.82) is 0 Å². The van der Waals surface area contributed by atoms with Crippen molar-refractivity contribution in [3.63, 3.8) is 0 Å². The number of ether oxygens (including phenoxy) is 1. The maximum absolute atomic E-state index is 15.2. The highest BCUT2D eigenvalue weighted by Crippen LogP contribution is 2.45. The molecule has 6 nitrogen and oxygen atoms in total. The van der Waals surface area contributed by atoms with E-state index in [0.717, 1.165) is 35.4 Å². The molecule has 2 aliphatic rings. The van der Waals surface area contributed by atoms with Gasteiger partial charge in [-0.25, -0.2) is 8.78 Å². The van der Waals surface area contributed by atoms with Crippen molar-refractivity contribution < 1.29 is 28.2 Å². The van der Waals surface area contributed by atoms with E-state index in [1.807, 2.05) is 6.92 Å². The highest BCUT2D eigenvalue weighted by molar-refractivity contribution is 6.08. The number of carboxylic acid groups (broad SMARTS) is 1. The van der Waals surface area contributed by atoms with Crippen LogP contribution in [0, 0.1) is 25.5 Å². The number of aromatic nitrogens is 1. The Kier molecular flexibility index (Phi) is 5.75. The molecule has 0 saturated heterocycles. The molecule has 0 radical (unpaired) electrons. The molecule has 180 valence electrons. The quantitative estimate of drug-likeness (QED) is 0.583. The first kappa shape index (κ1) is 23.0. The van der Waals surface area contributed by atoms with Gasteiger partial charge in [-0.1, -0.05) is 0 Å². The van der Waals surface area contributed by atoms with Gasteiger partial charge in [0.05, 0.1) is 24.8 Å². The van der Waals surface area contributed by atoms with Crippen LogP contribution in [0.1, 0.15) is 44.6 Å². The highest BCUT2D eigenvalue weighted by atomic mass is 19.1. The summed E-state index contributed by atoms with van der Waals surface area (Å²) in [5, 5.41) is 9.64. The van der Waals surface area contributed by atoms with Gasteiger partial charge in [-0.05, 0) is 84.7 Å². The molecule has 2 aliphatic heterocycles. The van der Waals surface area contributed by atoms with E-state index in [-0.39, 0.29) is 17.7 Å². The second-order valence-corrected chi connectivity index (χ2v) is 9.00. The smallest absolute Gasteiger partial charge is 0.307 e. The predicted octanol–water partition coefficient (Wildman–Crippen LogP) is 4.80. The molecule has 0 spiro atoms. The normalized spacial score (nSPS) is 14.3. The Morgan fingerprint density at radius 3 is 2.66 bits per heavy atom. The second-order valence-electron chi connectivity index (χ2n) is 9.00. The summed E-state index contributed by atoms with van der Waals surface area (Å²) in [5.74, 6) is -2.21. The number of carbonyl (C=O) groups excluding carboxylic acids is 1. The number of hydrogen-bond acceptors (Lipinski definition) is 4. The van der Waals surface area contributed by atoms with Crippen LogP contribution in [-0.4, -0.2) is 35.1 Å². The largest absolute Gasteiger partial charge is 0.490 e. The molecular formula is C27H24F2N2O4. The van der Waals surface area contributed by atoms with Gasteiger partial charge < -0.3 is 14.7 Å². The number of carboxylic acids is 1. The van der Waals surface area contributed by atoms with Crippen LogP contribution in [0.15, 0.2) is 30.6 Å². The number of rotatable bonds is 4. The van der Waals surface area contributed by atoms with Gasteiger partial charge in [0.1, 0.15) is 5.82 Å². The number of nitrogens with zero attached hydrogens (tertiary/aromatic N) is 2. The molecule has 0 unspecified atom stereocenters. The lowest BCUT2D eigenvalue weighted by Gasteiger charge is -2.25. The number of benzene rings is 2. The van der Waals surface area contributed by atoms with E-state index < -0.39 is 23.5 Å². The van der Waals surface area contributed by atoms with Crippen LogP contribution in [0.25, 0.3) is 11.1 Å². The predicted molar refractivity (Wildman–Crippen MR) is 126 cm³/mol. The number of halogens is 2. The number of aryl methyl sites for hydroxylation is 1. The van der Waals surface area contributed by atoms with E-state index in [0.29, 0.717) is 53.9 Å². The molecule has 0 saturated carbocycles. The molecule has 3 aromatic rings. The van der Waals surface area contributed by atoms with Crippen molar-refractivity contribution >= 4 is 17.6 Å². The summed E-state index contributed by atoms with van der Waals surface area (Å²) in [6.07, 6.45) is 4.02. The molecule has 35 heavy (non-hydrogen) atoms. The minimum Gasteiger partial charge on any atom is -0.490 e. The Hall–Kier alpha value is -3.81. The number of fused-ring (bicyclic) bond motifs is 2. The first-order valence-electron chi connectivity index (χ1n) is 11.5. The lowest BCUT2D eigenvalue weighted by atomic mass is 9.84. The Balaban J connectivity index is 1.72. The Bertz CT molecular complexity index is 1390. The van der Waals surface area contributed by atoms with E-state index in [1.54, 1.807) is 17.9 Å². The van der Waals surface area contributed by atoms with Crippen LogP contribution in [-0.2, 0) is 24.1 Å². The fraction of sp³-hybridized carbons (Fsp3) is 0.296. The average molecular weight is 478 g/mol. The van der Waals surface area contributed by atoms with Crippen molar-refractivity contribution in [2.24, 2.45) is 0 Å². The number of amides is 1. The van der Waals surface area contributed by atoms with Crippen molar-refractivity contribution in [2.75, 3.05) is 18.1 Å². The molecule has 3 heterocycles. The zero-order valence-electron chi connectivity index (χ0n) is 19.5. The lowest BCUT2D eigenvalue weighted by Crippen LogP contribution is -2.29.